The highest BCUT2D eigenvalue weighted by atomic mass is 14.9. The predicted molar refractivity (Wildman–Crippen MR) is 53.7 cm³/mol. The molecule has 1 nitrogen and oxygen atoms in total. The third kappa shape index (κ3) is 0.969. The Kier molecular flexibility index (Phi) is 1.50. The molecule has 1 saturated carbocycles. The van der Waals surface area contributed by atoms with Crippen LogP contribution in [0.15, 0.2) is 24.3 Å². The van der Waals surface area contributed by atoms with Crippen molar-refractivity contribution in [1.82, 2.24) is 5.32 Å². The van der Waals surface area contributed by atoms with Crippen molar-refractivity contribution < 1.29 is 0 Å². The monoisotopic (exact) mass is 173 g/mol. The molecule has 1 heteroatoms. The molecule has 0 aromatic heterocycles. The first kappa shape index (κ1) is 7.57. The molecule has 0 unspecified atom stereocenters. The van der Waals surface area contributed by atoms with Gasteiger partial charge in [-0.15, -0.1) is 0 Å². The molecule has 1 aromatic rings. The van der Waals surface area contributed by atoms with Crippen LogP contribution in [0.2, 0.25) is 0 Å². The fraction of sp³-hybridized carbons (Fsp3) is 0.500. The Bertz CT molecular complexity index is 326. The number of benzene rings is 1. The fourth-order valence-corrected chi connectivity index (χ4v) is 2.77. The third-order valence-electron chi connectivity index (χ3n) is 3.68. The van der Waals surface area contributed by atoms with Crippen molar-refractivity contribution in [2.24, 2.45) is 0 Å². The second kappa shape index (κ2) is 2.58. The van der Waals surface area contributed by atoms with E-state index in [1.807, 2.05) is 0 Å². The summed E-state index contributed by atoms with van der Waals surface area (Å²) in [6.45, 7) is 2.27. The highest BCUT2D eigenvalue weighted by Crippen LogP contribution is 2.45. The van der Waals surface area contributed by atoms with Crippen molar-refractivity contribution in [3.05, 3.63) is 35.4 Å². The number of rotatable bonds is 0. The van der Waals surface area contributed by atoms with Crippen LogP contribution in [0.3, 0.4) is 0 Å². The summed E-state index contributed by atoms with van der Waals surface area (Å²) in [7, 11) is 0. The molecule has 1 aliphatic heterocycles. The van der Waals surface area contributed by atoms with Gasteiger partial charge in [0, 0.05) is 18.5 Å². The first-order valence-corrected chi connectivity index (χ1v) is 5.20. The molecule has 0 bridgehead atoms. The van der Waals surface area contributed by atoms with E-state index in [0.717, 1.165) is 6.54 Å². The number of hydrogen-bond donors (Lipinski definition) is 1. The Morgan fingerprint density at radius 1 is 1.15 bits per heavy atom. The molecular weight excluding hydrogens is 158 g/mol. The van der Waals surface area contributed by atoms with Gasteiger partial charge in [0.05, 0.1) is 0 Å². The maximum absolute atomic E-state index is 3.53. The zero-order valence-electron chi connectivity index (χ0n) is 7.84. The van der Waals surface area contributed by atoms with E-state index in [-0.39, 0.29) is 0 Å². The lowest BCUT2D eigenvalue weighted by Gasteiger charge is -2.46. The molecule has 1 aromatic carbocycles. The van der Waals surface area contributed by atoms with Crippen LogP contribution in [0.4, 0.5) is 0 Å². The van der Waals surface area contributed by atoms with Crippen LogP contribution >= 0.6 is 0 Å². The molecule has 3 rings (SSSR count). The summed E-state index contributed by atoms with van der Waals surface area (Å²) in [5.41, 5.74) is 3.67. The molecule has 68 valence electrons. The van der Waals surface area contributed by atoms with Gasteiger partial charge in [-0.2, -0.15) is 0 Å². The van der Waals surface area contributed by atoms with E-state index < -0.39 is 0 Å². The highest BCUT2D eigenvalue weighted by Gasteiger charge is 2.41. The van der Waals surface area contributed by atoms with Crippen molar-refractivity contribution in [1.29, 1.82) is 0 Å². The zero-order chi connectivity index (χ0) is 8.73. The van der Waals surface area contributed by atoms with E-state index in [1.54, 1.807) is 5.56 Å². The first-order valence-electron chi connectivity index (χ1n) is 5.20. The number of hydrogen-bond acceptors (Lipinski definition) is 1. The quantitative estimate of drug-likeness (QED) is 0.634. The Labute approximate surface area is 79.2 Å². The summed E-state index contributed by atoms with van der Waals surface area (Å²) >= 11 is 0. The van der Waals surface area contributed by atoms with Crippen LogP contribution in [0, 0.1) is 0 Å². The minimum absolute atomic E-state index is 0.523. The summed E-state index contributed by atoms with van der Waals surface area (Å²) in [5, 5.41) is 3.53. The lowest BCUT2D eigenvalue weighted by molar-refractivity contribution is 0.219. The minimum atomic E-state index is 0.523. The van der Waals surface area contributed by atoms with Crippen molar-refractivity contribution in [2.75, 3.05) is 6.54 Å². The second-order valence-electron chi connectivity index (χ2n) is 4.39. The molecule has 1 heterocycles. The summed E-state index contributed by atoms with van der Waals surface area (Å²) in [6, 6.07) is 8.93. The second-order valence-corrected chi connectivity index (χ2v) is 4.39. The SMILES string of the molecule is c1ccc2c(c1)CNCC21CCC1. The van der Waals surface area contributed by atoms with Crippen molar-refractivity contribution in [3.8, 4) is 0 Å². The Hall–Kier alpha value is -0.820. The average molecular weight is 173 g/mol. The van der Waals surface area contributed by atoms with E-state index >= 15 is 0 Å². The van der Waals surface area contributed by atoms with E-state index in [2.05, 4.69) is 29.6 Å². The molecule has 1 spiro atoms. The van der Waals surface area contributed by atoms with Crippen LogP contribution in [0.25, 0.3) is 0 Å². The standard InChI is InChI=1S/C12H15N/c1-2-5-11-10(4-1)8-13-9-12(11)6-3-7-12/h1-2,4-5,13H,3,6-9H2. The first-order chi connectivity index (χ1) is 6.41. The van der Waals surface area contributed by atoms with Crippen LogP contribution in [0.1, 0.15) is 30.4 Å². The number of nitrogens with one attached hydrogen (secondary N) is 1. The van der Waals surface area contributed by atoms with Gasteiger partial charge in [-0.25, -0.2) is 0 Å². The maximum atomic E-state index is 3.53. The molecule has 0 saturated heterocycles. The molecular formula is C12H15N. The number of fused-ring (bicyclic) bond motifs is 2. The van der Waals surface area contributed by atoms with Gasteiger partial charge in [-0.05, 0) is 24.0 Å². The Morgan fingerprint density at radius 3 is 2.77 bits per heavy atom. The van der Waals surface area contributed by atoms with Crippen LogP contribution in [-0.2, 0) is 12.0 Å². The predicted octanol–water partition coefficient (Wildman–Crippen LogP) is 2.21. The minimum Gasteiger partial charge on any atom is -0.312 e. The molecule has 2 aliphatic rings. The van der Waals surface area contributed by atoms with Gasteiger partial charge in [0.2, 0.25) is 0 Å². The zero-order valence-corrected chi connectivity index (χ0v) is 7.84. The van der Waals surface area contributed by atoms with Crippen LogP contribution < -0.4 is 5.32 Å². The van der Waals surface area contributed by atoms with Crippen LogP contribution in [-0.4, -0.2) is 6.54 Å². The van der Waals surface area contributed by atoms with E-state index in [4.69, 9.17) is 0 Å². The summed E-state index contributed by atoms with van der Waals surface area (Å²) < 4.78 is 0. The van der Waals surface area contributed by atoms with Gasteiger partial charge in [0.25, 0.3) is 0 Å². The van der Waals surface area contributed by atoms with Gasteiger partial charge in [0.15, 0.2) is 0 Å². The molecule has 1 aliphatic carbocycles. The van der Waals surface area contributed by atoms with Gasteiger partial charge >= 0.3 is 0 Å². The van der Waals surface area contributed by atoms with E-state index in [0.29, 0.717) is 5.41 Å². The Balaban J connectivity index is 2.11. The average Bonchev–Trinajstić information content (AvgIpc) is 2.14. The molecule has 13 heavy (non-hydrogen) atoms. The molecule has 1 N–H and O–H groups in total. The fourth-order valence-electron chi connectivity index (χ4n) is 2.77. The van der Waals surface area contributed by atoms with E-state index in [1.165, 1.54) is 31.4 Å². The summed E-state index contributed by atoms with van der Waals surface area (Å²) in [4.78, 5) is 0. The van der Waals surface area contributed by atoms with Gasteiger partial charge in [0.1, 0.15) is 0 Å². The topological polar surface area (TPSA) is 12.0 Å². The lowest BCUT2D eigenvalue weighted by atomic mass is 9.62. The van der Waals surface area contributed by atoms with E-state index in [9.17, 15) is 0 Å². The van der Waals surface area contributed by atoms with Crippen molar-refractivity contribution in [3.63, 3.8) is 0 Å². The highest BCUT2D eigenvalue weighted by molar-refractivity contribution is 5.38. The largest absolute Gasteiger partial charge is 0.312 e. The lowest BCUT2D eigenvalue weighted by Crippen LogP contribution is -2.47. The summed E-state index contributed by atoms with van der Waals surface area (Å²) in [6.07, 6.45) is 4.18. The van der Waals surface area contributed by atoms with Crippen molar-refractivity contribution in [2.45, 2.75) is 31.2 Å². The smallest absolute Gasteiger partial charge is 0.0208 e. The van der Waals surface area contributed by atoms with Gasteiger partial charge < -0.3 is 5.32 Å². The third-order valence-corrected chi connectivity index (χ3v) is 3.68. The van der Waals surface area contributed by atoms with Crippen LogP contribution in [0.5, 0.6) is 0 Å². The maximum Gasteiger partial charge on any atom is 0.0208 e. The molecule has 0 amide bonds. The molecule has 0 atom stereocenters. The molecule has 0 radical (unpaired) electrons. The summed E-state index contributed by atoms with van der Waals surface area (Å²) in [5.74, 6) is 0. The van der Waals surface area contributed by atoms with Gasteiger partial charge in [-0.1, -0.05) is 30.7 Å². The van der Waals surface area contributed by atoms with Gasteiger partial charge in [-0.3, -0.25) is 0 Å². The van der Waals surface area contributed by atoms with Crippen molar-refractivity contribution >= 4 is 0 Å². The molecule has 1 fully saturated rings. The normalized spacial score (nSPS) is 23.7. The Morgan fingerprint density at radius 2 is 2.00 bits per heavy atom.